The van der Waals surface area contributed by atoms with Gasteiger partial charge in [0.15, 0.2) is 0 Å². The Morgan fingerprint density at radius 2 is 2.18 bits per heavy atom. The molecule has 3 nitrogen and oxygen atoms in total. The van der Waals surface area contributed by atoms with Crippen LogP contribution >= 0.6 is 11.6 Å². The summed E-state index contributed by atoms with van der Waals surface area (Å²) in [6, 6.07) is 0.446. The molecule has 98 valence electrons. The Morgan fingerprint density at radius 1 is 1.41 bits per heavy atom. The monoisotopic (exact) mass is 259 g/mol. The van der Waals surface area contributed by atoms with Gasteiger partial charge in [-0.25, -0.2) is 0 Å². The molecule has 0 N–H and O–H groups in total. The van der Waals surface area contributed by atoms with Gasteiger partial charge in [0.05, 0.1) is 0 Å². The zero-order valence-electron chi connectivity index (χ0n) is 10.5. The van der Waals surface area contributed by atoms with Crippen LogP contribution in [-0.2, 0) is 9.53 Å². The van der Waals surface area contributed by atoms with Crippen molar-refractivity contribution < 1.29 is 9.53 Å². The number of carbonyl (C=O) groups excluding carboxylic acids is 1. The van der Waals surface area contributed by atoms with Crippen molar-refractivity contribution in [1.29, 1.82) is 0 Å². The van der Waals surface area contributed by atoms with Crippen LogP contribution < -0.4 is 0 Å². The van der Waals surface area contributed by atoms with E-state index < -0.39 is 0 Å². The van der Waals surface area contributed by atoms with Gasteiger partial charge in [-0.05, 0) is 38.0 Å². The van der Waals surface area contributed by atoms with Crippen molar-refractivity contribution in [2.24, 2.45) is 5.92 Å². The highest BCUT2D eigenvalue weighted by molar-refractivity contribution is 6.17. The van der Waals surface area contributed by atoms with Gasteiger partial charge >= 0.3 is 0 Å². The third-order valence-corrected chi connectivity index (χ3v) is 4.23. The molecule has 1 heterocycles. The lowest BCUT2D eigenvalue weighted by molar-refractivity contribution is -0.146. The number of hydrogen-bond acceptors (Lipinski definition) is 2. The Morgan fingerprint density at radius 3 is 2.65 bits per heavy atom. The van der Waals surface area contributed by atoms with Crippen LogP contribution in [0.25, 0.3) is 0 Å². The van der Waals surface area contributed by atoms with Gasteiger partial charge in [-0.3, -0.25) is 4.79 Å². The molecule has 0 aromatic heterocycles. The lowest BCUT2D eigenvalue weighted by Crippen LogP contribution is -2.50. The van der Waals surface area contributed by atoms with Crippen molar-refractivity contribution in [3.05, 3.63) is 0 Å². The number of ether oxygens (including phenoxy) is 1. The highest BCUT2D eigenvalue weighted by atomic mass is 35.5. The van der Waals surface area contributed by atoms with E-state index >= 15 is 0 Å². The van der Waals surface area contributed by atoms with Crippen molar-refractivity contribution in [3.8, 4) is 0 Å². The van der Waals surface area contributed by atoms with Crippen LogP contribution in [0.1, 0.15) is 39.0 Å². The normalized spacial score (nSPS) is 29.1. The number of hydrogen-bond donors (Lipinski definition) is 0. The van der Waals surface area contributed by atoms with Crippen molar-refractivity contribution in [2.75, 3.05) is 19.0 Å². The second-order valence-electron chi connectivity index (χ2n) is 5.22. The molecule has 0 aromatic rings. The molecule has 2 atom stereocenters. The molecule has 0 bridgehead atoms. The summed E-state index contributed by atoms with van der Waals surface area (Å²) in [6.07, 6.45) is 5.22. The van der Waals surface area contributed by atoms with E-state index in [1.54, 1.807) is 0 Å². The largest absolute Gasteiger partial charge is 0.368 e. The molecule has 1 saturated heterocycles. The fraction of sp³-hybridized carbons (Fsp3) is 0.923. The second-order valence-corrected chi connectivity index (χ2v) is 5.59. The van der Waals surface area contributed by atoms with Crippen LogP contribution in [0.15, 0.2) is 0 Å². The number of halogens is 1. The third kappa shape index (κ3) is 2.94. The Balaban J connectivity index is 1.95. The first-order valence-electron chi connectivity index (χ1n) is 6.72. The SMILES string of the molecule is CC1CCOC1C(=O)N(CCCCl)C1CCC1. The minimum atomic E-state index is -0.203. The van der Waals surface area contributed by atoms with Gasteiger partial charge in [-0.2, -0.15) is 0 Å². The van der Waals surface area contributed by atoms with Crippen LogP contribution in [0.4, 0.5) is 0 Å². The average molecular weight is 260 g/mol. The highest BCUT2D eigenvalue weighted by Gasteiger charge is 2.37. The average Bonchev–Trinajstić information content (AvgIpc) is 2.67. The molecule has 2 unspecified atom stereocenters. The molecule has 4 heteroatoms. The summed E-state index contributed by atoms with van der Waals surface area (Å²) < 4.78 is 5.58. The number of nitrogens with zero attached hydrogens (tertiary/aromatic N) is 1. The number of amides is 1. The van der Waals surface area contributed by atoms with Gasteiger partial charge < -0.3 is 9.64 Å². The fourth-order valence-corrected chi connectivity index (χ4v) is 2.70. The molecular formula is C13H22ClNO2. The van der Waals surface area contributed by atoms with Crippen LogP contribution in [0, 0.1) is 5.92 Å². The van der Waals surface area contributed by atoms with E-state index in [-0.39, 0.29) is 12.0 Å². The summed E-state index contributed by atoms with van der Waals surface area (Å²) in [5, 5.41) is 0. The lowest BCUT2D eigenvalue weighted by Gasteiger charge is -2.39. The quantitative estimate of drug-likeness (QED) is 0.710. The predicted octanol–water partition coefficient (Wildman–Crippen LogP) is 2.42. The van der Waals surface area contributed by atoms with E-state index in [1.807, 2.05) is 4.90 Å². The van der Waals surface area contributed by atoms with Crippen LogP contribution in [0.3, 0.4) is 0 Å². The number of rotatable bonds is 5. The van der Waals surface area contributed by atoms with Crippen molar-refractivity contribution in [3.63, 3.8) is 0 Å². The second kappa shape index (κ2) is 6.05. The molecule has 1 saturated carbocycles. The van der Waals surface area contributed by atoms with Crippen molar-refractivity contribution in [2.45, 2.75) is 51.2 Å². The number of carbonyl (C=O) groups is 1. The van der Waals surface area contributed by atoms with Gasteiger partial charge in [0.2, 0.25) is 0 Å². The molecule has 2 aliphatic rings. The van der Waals surface area contributed by atoms with Crippen LogP contribution in [0.5, 0.6) is 0 Å². The first-order chi connectivity index (χ1) is 8.24. The maximum absolute atomic E-state index is 12.5. The predicted molar refractivity (Wildman–Crippen MR) is 68.2 cm³/mol. The van der Waals surface area contributed by atoms with E-state index in [2.05, 4.69) is 6.92 Å². The smallest absolute Gasteiger partial charge is 0.252 e. The zero-order valence-corrected chi connectivity index (χ0v) is 11.3. The molecular weight excluding hydrogens is 238 g/mol. The Labute approximate surface area is 108 Å². The standard InChI is InChI=1S/C13H22ClNO2/c1-10-6-9-17-12(10)13(16)15(8-3-7-14)11-4-2-5-11/h10-12H,2-9H2,1H3. The Bertz CT molecular complexity index is 268. The Kier molecular flexibility index (Phi) is 4.69. The van der Waals surface area contributed by atoms with Gasteiger partial charge in [0.1, 0.15) is 6.10 Å². The zero-order chi connectivity index (χ0) is 12.3. The summed E-state index contributed by atoms with van der Waals surface area (Å²) in [5.74, 6) is 1.18. The molecule has 2 rings (SSSR count). The van der Waals surface area contributed by atoms with Gasteiger partial charge in [0.25, 0.3) is 5.91 Å². The molecule has 2 fully saturated rings. The van der Waals surface area contributed by atoms with Gasteiger partial charge in [-0.1, -0.05) is 6.92 Å². The Hall–Kier alpha value is -0.280. The molecule has 1 aliphatic carbocycles. The molecule has 0 aromatic carbocycles. The summed E-state index contributed by atoms with van der Waals surface area (Å²) in [5.41, 5.74) is 0. The van der Waals surface area contributed by atoms with Crippen LogP contribution in [-0.4, -0.2) is 42.0 Å². The maximum Gasteiger partial charge on any atom is 0.252 e. The van der Waals surface area contributed by atoms with E-state index in [0.29, 0.717) is 17.8 Å². The summed E-state index contributed by atoms with van der Waals surface area (Å²) in [4.78, 5) is 14.5. The van der Waals surface area contributed by atoms with E-state index in [0.717, 1.165) is 38.8 Å². The molecule has 1 aliphatic heterocycles. The van der Waals surface area contributed by atoms with Gasteiger partial charge in [0, 0.05) is 25.1 Å². The minimum absolute atomic E-state index is 0.199. The summed E-state index contributed by atoms with van der Waals surface area (Å²) in [6.45, 7) is 3.63. The van der Waals surface area contributed by atoms with E-state index in [1.165, 1.54) is 6.42 Å². The summed E-state index contributed by atoms with van der Waals surface area (Å²) >= 11 is 5.74. The first kappa shape index (κ1) is 13.2. The van der Waals surface area contributed by atoms with Gasteiger partial charge in [-0.15, -0.1) is 11.6 Å². The van der Waals surface area contributed by atoms with Crippen molar-refractivity contribution in [1.82, 2.24) is 4.90 Å². The van der Waals surface area contributed by atoms with E-state index in [4.69, 9.17) is 16.3 Å². The molecule has 0 radical (unpaired) electrons. The molecule has 0 spiro atoms. The first-order valence-corrected chi connectivity index (χ1v) is 7.25. The van der Waals surface area contributed by atoms with E-state index in [9.17, 15) is 4.79 Å². The summed E-state index contributed by atoms with van der Waals surface area (Å²) in [7, 11) is 0. The molecule has 1 amide bonds. The number of alkyl halides is 1. The minimum Gasteiger partial charge on any atom is -0.368 e. The fourth-order valence-electron chi connectivity index (χ4n) is 2.58. The topological polar surface area (TPSA) is 29.5 Å². The maximum atomic E-state index is 12.5. The lowest BCUT2D eigenvalue weighted by atomic mass is 9.90. The van der Waals surface area contributed by atoms with Crippen molar-refractivity contribution >= 4 is 17.5 Å². The molecule has 17 heavy (non-hydrogen) atoms. The van der Waals surface area contributed by atoms with Crippen LogP contribution in [0.2, 0.25) is 0 Å². The highest BCUT2D eigenvalue weighted by Crippen LogP contribution is 2.29. The third-order valence-electron chi connectivity index (χ3n) is 3.96.